The summed E-state index contributed by atoms with van der Waals surface area (Å²) in [4.78, 5) is 12.7. The lowest BCUT2D eigenvalue weighted by Gasteiger charge is -2.49. The minimum Gasteiger partial charge on any atom is -0.357 e. The van der Waals surface area contributed by atoms with Gasteiger partial charge in [0.25, 0.3) is 0 Å². The molecule has 5 nitrogen and oxygen atoms in total. The van der Waals surface area contributed by atoms with Gasteiger partial charge >= 0.3 is 0 Å². The van der Waals surface area contributed by atoms with Crippen molar-refractivity contribution in [3.8, 4) is 0 Å². The van der Waals surface area contributed by atoms with Gasteiger partial charge in [-0.3, -0.25) is 9.89 Å². The van der Waals surface area contributed by atoms with E-state index >= 15 is 0 Å². The molecule has 0 amide bonds. The summed E-state index contributed by atoms with van der Waals surface area (Å²) >= 11 is 1.76. The Labute approximate surface area is 192 Å². The number of piperidine rings is 2. The Hall–Kier alpha value is -0.380. The molecular weight excluding hydrogens is 481 g/mol. The highest BCUT2D eigenvalue weighted by atomic mass is 127. The molecule has 3 rings (SSSR count). The monoisotopic (exact) mass is 519 g/mol. The molecule has 0 unspecified atom stereocenters. The first-order valence-electron chi connectivity index (χ1n) is 10.6. The van der Waals surface area contributed by atoms with Crippen molar-refractivity contribution >= 4 is 41.3 Å². The highest BCUT2D eigenvalue weighted by Gasteiger charge is 2.39. The molecule has 160 valence electrons. The summed E-state index contributed by atoms with van der Waals surface area (Å²) in [5.74, 6) is 1.04. The summed E-state index contributed by atoms with van der Waals surface area (Å²) in [5, 5.41) is 7.89. The van der Waals surface area contributed by atoms with Crippen LogP contribution >= 0.6 is 35.3 Å². The number of halogens is 1. The molecule has 0 saturated carbocycles. The maximum Gasteiger partial charge on any atom is 0.194 e. The van der Waals surface area contributed by atoms with Crippen LogP contribution in [0.1, 0.15) is 44.6 Å². The number of thiophene rings is 1. The Morgan fingerprint density at radius 3 is 2.54 bits per heavy atom. The first kappa shape index (κ1) is 23.9. The highest BCUT2D eigenvalue weighted by Crippen LogP contribution is 2.31. The van der Waals surface area contributed by atoms with Gasteiger partial charge in [0.15, 0.2) is 5.96 Å². The van der Waals surface area contributed by atoms with E-state index in [-0.39, 0.29) is 29.5 Å². The summed E-state index contributed by atoms with van der Waals surface area (Å²) in [7, 11) is 4.41. The van der Waals surface area contributed by atoms with Crippen LogP contribution in [0.5, 0.6) is 0 Å². The van der Waals surface area contributed by atoms with E-state index in [9.17, 15) is 0 Å². The molecule has 0 radical (unpaired) electrons. The fourth-order valence-corrected chi connectivity index (χ4v) is 5.06. The van der Waals surface area contributed by atoms with Gasteiger partial charge in [-0.1, -0.05) is 6.42 Å². The van der Waals surface area contributed by atoms with Crippen LogP contribution in [0.2, 0.25) is 0 Å². The van der Waals surface area contributed by atoms with E-state index in [0.717, 1.165) is 25.6 Å². The molecule has 0 atom stereocenters. The van der Waals surface area contributed by atoms with Gasteiger partial charge in [-0.2, -0.15) is 11.3 Å². The third-order valence-electron chi connectivity index (χ3n) is 6.16. The maximum atomic E-state index is 5.16. The average molecular weight is 520 g/mol. The molecule has 1 aromatic rings. The molecule has 7 heteroatoms. The van der Waals surface area contributed by atoms with E-state index in [0.29, 0.717) is 0 Å². The largest absolute Gasteiger partial charge is 0.357 e. The fourth-order valence-electron chi connectivity index (χ4n) is 4.40. The zero-order chi connectivity index (χ0) is 19.1. The predicted molar refractivity (Wildman–Crippen MR) is 132 cm³/mol. The zero-order valence-electron chi connectivity index (χ0n) is 17.8. The molecule has 2 saturated heterocycles. The summed E-state index contributed by atoms with van der Waals surface area (Å²) < 4.78 is 0. The topological polar surface area (TPSA) is 34.1 Å². The summed E-state index contributed by atoms with van der Waals surface area (Å²) in [5.41, 5.74) is 1.61. The van der Waals surface area contributed by atoms with Gasteiger partial charge in [-0.25, -0.2) is 0 Å². The smallest absolute Gasteiger partial charge is 0.194 e. The quantitative estimate of drug-likeness (QED) is 0.353. The second-order valence-corrected chi connectivity index (χ2v) is 9.01. The van der Waals surface area contributed by atoms with Crippen LogP contribution in [0.3, 0.4) is 0 Å². The number of hydrogen-bond donors (Lipinski definition) is 1. The Morgan fingerprint density at radius 1 is 1.21 bits per heavy atom. The summed E-state index contributed by atoms with van der Waals surface area (Å²) in [6, 6.07) is 2.21. The molecule has 2 fully saturated rings. The average Bonchev–Trinajstić information content (AvgIpc) is 3.20. The second kappa shape index (κ2) is 11.7. The van der Waals surface area contributed by atoms with Crippen LogP contribution in [0.4, 0.5) is 0 Å². The molecule has 1 aromatic heterocycles. The van der Waals surface area contributed by atoms with Gasteiger partial charge in [0, 0.05) is 25.7 Å². The molecular formula is C21H38IN5S. The first-order valence-corrected chi connectivity index (χ1v) is 11.5. The van der Waals surface area contributed by atoms with Gasteiger partial charge in [0.1, 0.15) is 0 Å². The maximum absolute atomic E-state index is 5.16. The van der Waals surface area contributed by atoms with E-state index in [1.54, 1.807) is 11.3 Å². The molecule has 0 aliphatic carbocycles. The van der Waals surface area contributed by atoms with Crippen molar-refractivity contribution in [1.29, 1.82) is 0 Å². The van der Waals surface area contributed by atoms with Gasteiger partial charge in [0.2, 0.25) is 0 Å². The van der Waals surface area contributed by atoms with Gasteiger partial charge in [-0.05, 0) is 88.2 Å². The van der Waals surface area contributed by atoms with Crippen LogP contribution < -0.4 is 5.32 Å². The van der Waals surface area contributed by atoms with Crippen LogP contribution in [-0.2, 0) is 6.54 Å². The normalized spacial score (nSPS) is 21.2. The number of guanidine groups is 1. The Morgan fingerprint density at radius 2 is 1.93 bits per heavy atom. The van der Waals surface area contributed by atoms with Crippen molar-refractivity contribution in [1.82, 2.24) is 20.0 Å². The van der Waals surface area contributed by atoms with Crippen molar-refractivity contribution in [2.24, 2.45) is 4.99 Å². The van der Waals surface area contributed by atoms with Crippen LogP contribution in [-0.4, -0.2) is 79.6 Å². The molecule has 1 N–H and O–H groups in total. The van der Waals surface area contributed by atoms with Crippen molar-refractivity contribution in [2.45, 2.75) is 51.1 Å². The van der Waals surface area contributed by atoms with Crippen molar-refractivity contribution in [3.63, 3.8) is 0 Å². The van der Waals surface area contributed by atoms with Crippen LogP contribution in [0.15, 0.2) is 21.8 Å². The number of likely N-dealkylation sites (tertiary alicyclic amines) is 2. The highest BCUT2D eigenvalue weighted by molar-refractivity contribution is 14.0. The number of nitrogens with one attached hydrogen (secondary N) is 1. The minimum atomic E-state index is 0. The van der Waals surface area contributed by atoms with Gasteiger partial charge in [0.05, 0.1) is 6.54 Å². The second-order valence-electron chi connectivity index (χ2n) is 8.23. The molecule has 2 aliphatic rings. The van der Waals surface area contributed by atoms with Gasteiger partial charge in [-0.15, -0.1) is 24.0 Å². The Bertz CT molecular complexity index is 578. The predicted octanol–water partition coefficient (Wildman–Crippen LogP) is 3.71. The van der Waals surface area contributed by atoms with E-state index < -0.39 is 0 Å². The van der Waals surface area contributed by atoms with E-state index in [2.05, 4.69) is 57.9 Å². The summed E-state index contributed by atoms with van der Waals surface area (Å²) in [6.07, 6.45) is 6.56. The molecule has 0 aromatic carbocycles. The number of aliphatic imine (C=N–C) groups is 1. The number of rotatable bonds is 6. The molecule has 0 spiro atoms. The third-order valence-corrected chi connectivity index (χ3v) is 6.90. The van der Waals surface area contributed by atoms with E-state index in [4.69, 9.17) is 4.99 Å². The van der Waals surface area contributed by atoms with Crippen LogP contribution in [0, 0.1) is 0 Å². The van der Waals surface area contributed by atoms with Crippen molar-refractivity contribution < 1.29 is 0 Å². The third kappa shape index (κ3) is 6.31. The minimum absolute atomic E-state index is 0. The molecule has 28 heavy (non-hydrogen) atoms. The SMILES string of the molecule is CCNC(=NCC1(N2CCCCC2)CCN(C)CC1)N(C)Cc1ccsc1.I. The Kier molecular flexibility index (Phi) is 10.00. The molecule has 3 heterocycles. The Balaban J connectivity index is 0.00000280. The van der Waals surface area contributed by atoms with Crippen molar-refractivity contribution in [2.75, 3.05) is 53.4 Å². The van der Waals surface area contributed by atoms with Crippen molar-refractivity contribution in [3.05, 3.63) is 22.4 Å². The van der Waals surface area contributed by atoms with E-state index in [1.807, 2.05) is 0 Å². The molecule has 2 aliphatic heterocycles. The standard InChI is InChI=1S/C21H37N5S.HI/c1-4-22-20(25(3)16-19-8-15-27-17-19)23-18-21(9-13-24(2)14-10-21)26-11-6-5-7-12-26;/h8,15,17H,4-7,9-14,16,18H2,1-3H3,(H,22,23);1H. The fraction of sp³-hybridized carbons (Fsp3) is 0.762. The first-order chi connectivity index (χ1) is 13.1. The lowest BCUT2D eigenvalue weighted by Crippen LogP contribution is -2.58. The number of nitrogens with zero attached hydrogens (tertiary/aromatic N) is 4. The summed E-state index contributed by atoms with van der Waals surface area (Å²) in [6.45, 7) is 9.77. The molecule has 0 bridgehead atoms. The lowest BCUT2D eigenvalue weighted by molar-refractivity contribution is 0.0206. The van der Waals surface area contributed by atoms with Crippen LogP contribution in [0.25, 0.3) is 0 Å². The van der Waals surface area contributed by atoms with E-state index in [1.165, 1.54) is 63.8 Å². The zero-order valence-corrected chi connectivity index (χ0v) is 21.0. The van der Waals surface area contributed by atoms with Gasteiger partial charge < -0.3 is 15.1 Å². The lowest BCUT2D eigenvalue weighted by atomic mass is 9.84. The number of hydrogen-bond acceptors (Lipinski definition) is 4.